The molecular weight excluding hydrogens is 232 g/mol. The molecule has 0 saturated heterocycles. The molecule has 0 fully saturated rings. The average molecular weight is 246 g/mol. The van der Waals surface area contributed by atoms with Crippen LogP contribution in [0.1, 0.15) is 5.56 Å². The van der Waals surface area contributed by atoms with Gasteiger partial charge in [0, 0.05) is 16.8 Å². The highest BCUT2D eigenvalue weighted by Gasteiger charge is 1.98. The molecule has 0 aliphatic rings. The maximum Gasteiger partial charge on any atom is 0.123 e. The minimum Gasteiger partial charge on any atom is -0.497 e. The number of pyridine rings is 1. The second-order valence-electron chi connectivity index (χ2n) is 3.55. The van der Waals surface area contributed by atoms with Crippen molar-refractivity contribution in [3.63, 3.8) is 0 Å². The molecule has 0 aliphatic carbocycles. The van der Waals surface area contributed by atoms with Crippen LogP contribution in [0.5, 0.6) is 5.75 Å². The van der Waals surface area contributed by atoms with Crippen molar-refractivity contribution in [2.75, 3.05) is 12.8 Å². The number of ether oxygens (including phenoxy) is 1. The third kappa shape index (κ3) is 3.39. The lowest BCUT2D eigenvalue weighted by atomic mass is 10.3. The Balaban J connectivity index is 1.97. The van der Waals surface area contributed by atoms with E-state index in [1.807, 2.05) is 36.4 Å². The molecule has 2 rings (SSSR count). The summed E-state index contributed by atoms with van der Waals surface area (Å²) in [5, 5.41) is 0. The molecular formula is C13H14N2OS. The number of nitrogen functional groups attached to an aromatic ring is 1. The fraction of sp³-hybridized carbons (Fsp3) is 0.154. The largest absolute Gasteiger partial charge is 0.497 e. The highest BCUT2D eigenvalue weighted by atomic mass is 32.2. The topological polar surface area (TPSA) is 48.1 Å². The quantitative estimate of drug-likeness (QED) is 0.843. The molecule has 1 aromatic carbocycles. The molecule has 1 heterocycles. The van der Waals surface area contributed by atoms with Gasteiger partial charge in [0.2, 0.25) is 0 Å². The number of aromatic nitrogens is 1. The first-order chi connectivity index (χ1) is 8.28. The van der Waals surface area contributed by atoms with E-state index in [1.165, 1.54) is 10.5 Å². The Bertz CT molecular complexity index is 485. The summed E-state index contributed by atoms with van der Waals surface area (Å²) in [5.41, 5.74) is 6.81. The van der Waals surface area contributed by atoms with Gasteiger partial charge in [0.25, 0.3) is 0 Å². The summed E-state index contributed by atoms with van der Waals surface area (Å²) < 4.78 is 5.11. The summed E-state index contributed by atoms with van der Waals surface area (Å²) in [7, 11) is 1.67. The van der Waals surface area contributed by atoms with Crippen LogP contribution in [-0.2, 0) is 5.75 Å². The second-order valence-corrected chi connectivity index (χ2v) is 4.60. The maximum absolute atomic E-state index is 5.63. The molecule has 0 amide bonds. The zero-order valence-corrected chi connectivity index (χ0v) is 10.4. The fourth-order valence-electron chi connectivity index (χ4n) is 1.42. The number of hydrogen-bond donors (Lipinski definition) is 1. The van der Waals surface area contributed by atoms with E-state index < -0.39 is 0 Å². The first-order valence-electron chi connectivity index (χ1n) is 5.25. The highest BCUT2D eigenvalue weighted by molar-refractivity contribution is 7.98. The molecule has 0 unspecified atom stereocenters. The van der Waals surface area contributed by atoms with E-state index in [4.69, 9.17) is 10.5 Å². The summed E-state index contributed by atoms with van der Waals surface area (Å²) in [6.07, 6.45) is 1.74. The number of nitrogens with two attached hydrogens (primary N) is 1. The molecule has 17 heavy (non-hydrogen) atoms. The minimum atomic E-state index is 0.567. The normalized spacial score (nSPS) is 10.2. The summed E-state index contributed by atoms with van der Waals surface area (Å²) in [6.45, 7) is 0. The number of rotatable bonds is 4. The van der Waals surface area contributed by atoms with Gasteiger partial charge in [-0.25, -0.2) is 4.98 Å². The SMILES string of the molecule is COc1ccc(SCc2ccnc(N)c2)cc1. The summed E-state index contributed by atoms with van der Waals surface area (Å²) in [6, 6.07) is 11.9. The van der Waals surface area contributed by atoms with E-state index in [-0.39, 0.29) is 0 Å². The van der Waals surface area contributed by atoms with Crippen molar-refractivity contribution in [3.05, 3.63) is 48.2 Å². The number of anilines is 1. The molecule has 1 aromatic heterocycles. The van der Waals surface area contributed by atoms with Gasteiger partial charge in [-0.15, -0.1) is 11.8 Å². The van der Waals surface area contributed by atoms with Crippen molar-refractivity contribution in [1.82, 2.24) is 4.98 Å². The van der Waals surface area contributed by atoms with Crippen molar-refractivity contribution in [2.24, 2.45) is 0 Å². The van der Waals surface area contributed by atoms with E-state index in [0.29, 0.717) is 5.82 Å². The van der Waals surface area contributed by atoms with Crippen LogP contribution >= 0.6 is 11.8 Å². The van der Waals surface area contributed by atoms with Crippen molar-refractivity contribution >= 4 is 17.6 Å². The number of nitrogens with zero attached hydrogens (tertiary/aromatic N) is 1. The van der Waals surface area contributed by atoms with Crippen LogP contribution in [0.4, 0.5) is 5.82 Å². The maximum atomic E-state index is 5.63. The summed E-state index contributed by atoms with van der Waals surface area (Å²) in [5.74, 6) is 2.33. The Hall–Kier alpha value is -1.68. The molecule has 0 bridgehead atoms. The zero-order chi connectivity index (χ0) is 12.1. The third-order valence-corrected chi connectivity index (χ3v) is 3.39. The van der Waals surface area contributed by atoms with Crippen molar-refractivity contribution in [1.29, 1.82) is 0 Å². The Labute approximate surface area is 105 Å². The van der Waals surface area contributed by atoms with Gasteiger partial charge < -0.3 is 10.5 Å². The van der Waals surface area contributed by atoms with Gasteiger partial charge in [-0.3, -0.25) is 0 Å². The van der Waals surface area contributed by atoms with Gasteiger partial charge in [0.15, 0.2) is 0 Å². The van der Waals surface area contributed by atoms with Crippen molar-refractivity contribution in [2.45, 2.75) is 10.6 Å². The van der Waals surface area contributed by atoms with Crippen LogP contribution in [0, 0.1) is 0 Å². The molecule has 2 N–H and O–H groups in total. The van der Waals surface area contributed by atoms with Gasteiger partial charge in [0.05, 0.1) is 7.11 Å². The fourth-order valence-corrected chi connectivity index (χ4v) is 2.26. The molecule has 0 aliphatic heterocycles. The first kappa shape index (κ1) is 11.8. The van der Waals surface area contributed by atoms with Gasteiger partial charge in [-0.1, -0.05) is 0 Å². The molecule has 2 aromatic rings. The molecule has 0 atom stereocenters. The molecule has 0 saturated carbocycles. The number of hydrogen-bond acceptors (Lipinski definition) is 4. The van der Waals surface area contributed by atoms with Crippen molar-refractivity contribution < 1.29 is 4.74 Å². The lowest BCUT2D eigenvalue weighted by Crippen LogP contribution is -1.90. The van der Waals surface area contributed by atoms with Gasteiger partial charge in [-0.05, 0) is 42.0 Å². The van der Waals surface area contributed by atoms with Gasteiger partial charge in [0.1, 0.15) is 11.6 Å². The molecule has 88 valence electrons. The Kier molecular flexibility index (Phi) is 3.88. The Morgan fingerprint density at radius 2 is 2.00 bits per heavy atom. The van der Waals surface area contributed by atoms with E-state index in [2.05, 4.69) is 4.98 Å². The minimum absolute atomic E-state index is 0.567. The standard InChI is InChI=1S/C13H14N2OS/c1-16-11-2-4-12(5-3-11)17-9-10-6-7-15-13(14)8-10/h2-8H,9H2,1H3,(H2,14,15). The third-order valence-electron chi connectivity index (χ3n) is 2.31. The predicted octanol–water partition coefficient (Wildman–Crippen LogP) is 2.96. The van der Waals surface area contributed by atoms with E-state index in [9.17, 15) is 0 Å². The van der Waals surface area contributed by atoms with Gasteiger partial charge in [-0.2, -0.15) is 0 Å². The highest BCUT2D eigenvalue weighted by Crippen LogP contribution is 2.24. The van der Waals surface area contributed by atoms with Crippen LogP contribution in [0.25, 0.3) is 0 Å². The van der Waals surface area contributed by atoms with Crippen LogP contribution in [0.15, 0.2) is 47.5 Å². The van der Waals surface area contributed by atoms with Crippen molar-refractivity contribution in [3.8, 4) is 5.75 Å². The van der Waals surface area contributed by atoms with E-state index >= 15 is 0 Å². The van der Waals surface area contributed by atoms with E-state index in [1.54, 1.807) is 25.1 Å². The molecule has 3 nitrogen and oxygen atoms in total. The Morgan fingerprint density at radius 3 is 2.65 bits per heavy atom. The molecule has 4 heteroatoms. The van der Waals surface area contributed by atoms with Crippen LogP contribution in [-0.4, -0.2) is 12.1 Å². The lowest BCUT2D eigenvalue weighted by molar-refractivity contribution is 0.414. The van der Waals surface area contributed by atoms with Gasteiger partial charge >= 0.3 is 0 Å². The smallest absolute Gasteiger partial charge is 0.123 e. The van der Waals surface area contributed by atoms with Crippen LogP contribution in [0.2, 0.25) is 0 Å². The zero-order valence-electron chi connectivity index (χ0n) is 9.59. The Morgan fingerprint density at radius 1 is 1.24 bits per heavy atom. The average Bonchev–Trinajstić information content (AvgIpc) is 2.37. The summed E-state index contributed by atoms with van der Waals surface area (Å²) in [4.78, 5) is 5.18. The van der Waals surface area contributed by atoms with Crippen LogP contribution < -0.4 is 10.5 Å². The molecule has 0 radical (unpaired) electrons. The van der Waals surface area contributed by atoms with E-state index in [0.717, 1.165) is 11.5 Å². The second kappa shape index (κ2) is 5.59. The van der Waals surface area contributed by atoms with Crippen LogP contribution in [0.3, 0.4) is 0 Å². The summed E-state index contributed by atoms with van der Waals surface area (Å²) >= 11 is 1.76. The predicted molar refractivity (Wildman–Crippen MR) is 71.2 cm³/mol. The lowest BCUT2D eigenvalue weighted by Gasteiger charge is -2.04. The number of methoxy groups -OCH3 is 1. The molecule has 0 spiro atoms. The number of thioether (sulfide) groups is 1. The number of benzene rings is 1. The first-order valence-corrected chi connectivity index (χ1v) is 6.24. The monoisotopic (exact) mass is 246 g/mol.